The first-order chi connectivity index (χ1) is 9.13. The maximum absolute atomic E-state index is 11.9. The highest BCUT2D eigenvalue weighted by atomic mass is 16.5. The van der Waals surface area contributed by atoms with Gasteiger partial charge in [-0.3, -0.25) is 4.79 Å². The van der Waals surface area contributed by atoms with E-state index in [1.54, 1.807) is 0 Å². The first-order valence-corrected chi connectivity index (χ1v) is 6.42. The molecule has 19 heavy (non-hydrogen) atoms. The summed E-state index contributed by atoms with van der Waals surface area (Å²) in [5.41, 5.74) is 6.24. The Morgan fingerprint density at radius 3 is 3.00 bits per heavy atom. The molecule has 1 amide bonds. The van der Waals surface area contributed by atoms with Crippen molar-refractivity contribution >= 4 is 5.91 Å². The van der Waals surface area contributed by atoms with Crippen LogP contribution >= 0.6 is 0 Å². The van der Waals surface area contributed by atoms with Gasteiger partial charge >= 0.3 is 0 Å². The Hall–Kier alpha value is -1.59. The quantitative estimate of drug-likeness (QED) is 0.825. The standard InChI is InChI=1S/C14H20N2O3/c1-14(6-7-18-10-14)16-13(17)9-19-12-5-3-2-4-11(12)8-15/h2-5H,6-10,15H2,1H3,(H,16,17). The van der Waals surface area contributed by atoms with E-state index in [2.05, 4.69) is 5.32 Å². The molecule has 1 fully saturated rings. The van der Waals surface area contributed by atoms with Crippen LogP contribution in [0.1, 0.15) is 18.9 Å². The van der Waals surface area contributed by atoms with E-state index in [0.717, 1.165) is 12.0 Å². The molecule has 104 valence electrons. The van der Waals surface area contributed by atoms with Crippen LogP contribution in [0.2, 0.25) is 0 Å². The van der Waals surface area contributed by atoms with Crippen LogP contribution in [0.5, 0.6) is 5.75 Å². The number of hydrogen-bond donors (Lipinski definition) is 2. The number of nitrogens with two attached hydrogens (primary N) is 1. The molecule has 0 aromatic heterocycles. The van der Waals surface area contributed by atoms with Crippen LogP contribution < -0.4 is 15.8 Å². The number of hydrogen-bond acceptors (Lipinski definition) is 4. The number of nitrogens with one attached hydrogen (secondary N) is 1. The predicted octanol–water partition coefficient (Wildman–Crippen LogP) is 0.819. The van der Waals surface area contributed by atoms with E-state index in [1.807, 2.05) is 31.2 Å². The zero-order valence-corrected chi connectivity index (χ0v) is 11.1. The predicted molar refractivity (Wildman–Crippen MR) is 71.8 cm³/mol. The van der Waals surface area contributed by atoms with Crippen LogP contribution in [0.15, 0.2) is 24.3 Å². The Labute approximate surface area is 113 Å². The molecule has 1 aromatic rings. The van der Waals surface area contributed by atoms with Crippen LogP contribution in [0.25, 0.3) is 0 Å². The average molecular weight is 264 g/mol. The number of carbonyl (C=O) groups excluding carboxylic acids is 1. The Kier molecular flexibility index (Phi) is 4.39. The van der Waals surface area contributed by atoms with Gasteiger partial charge in [0.25, 0.3) is 5.91 Å². The van der Waals surface area contributed by atoms with E-state index in [0.29, 0.717) is 25.5 Å². The molecular weight excluding hydrogens is 244 g/mol. The molecule has 5 nitrogen and oxygen atoms in total. The average Bonchev–Trinajstić information content (AvgIpc) is 2.83. The minimum absolute atomic E-state index is 0.00734. The zero-order valence-electron chi connectivity index (χ0n) is 11.1. The molecule has 1 saturated heterocycles. The lowest BCUT2D eigenvalue weighted by Crippen LogP contribution is -2.48. The molecule has 0 radical (unpaired) electrons. The van der Waals surface area contributed by atoms with Crippen molar-refractivity contribution in [3.05, 3.63) is 29.8 Å². The molecule has 0 saturated carbocycles. The molecule has 3 N–H and O–H groups in total. The fourth-order valence-corrected chi connectivity index (χ4v) is 2.09. The summed E-state index contributed by atoms with van der Waals surface area (Å²) in [6.07, 6.45) is 0.831. The van der Waals surface area contributed by atoms with Crippen molar-refractivity contribution in [2.45, 2.75) is 25.4 Å². The number of rotatable bonds is 5. The largest absolute Gasteiger partial charge is 0.483 e. The smallest absolute Gasteiger partial charge is 0.258 e. The second kappa shape index (κ2) is 6.04. The molecule has 0 bridgehead atoms. The van der Waals surface area contributed by atoms with Gasteiger partial charge in [0.2, 0.25) is 0 Å². The summed E-state index contributed by atoms with van der Waals surface area (Å²) in [4.78, 5) is 11.9. The summed E-state index contributed by atoms with van der Waals surface area (Å²) >= 11 is 0. The second-order valence-electron chi connectivity index (χ2n) is 5.01. The monoisotopic (exact) mass is 264 g/mol. The van der Waals surface area contributed by atoms with Crippen LogP contribution in [-0.4, -0.2) is 31.3 Å². The maximum atomic E-state index is 11.9. The van der Waals surface area contributed by atoms with Crippen molar-refractivity contribution in [2.75, 3.05) is 19.8 Å². The Morgan fingerprint density at radius 1 is 1.53 bits per heavy atom. The van der Waals surface area contributed by atoms with E-state index in [1.165, 1.54) is 0 Å². The number of ether oxygens (including phenoxy) is 2. The third-order valence-corrected chi connectivity index (χ3v) is 3.21. The van der Waals surface area contributed by atoms with Gasteiger partial charge in [-0.25, -0.2) is 0 Å². The lowest BCUT2D eigenvalue weighted by atomic mass is 10.0. The first kappa shape index (κ1) is 13.8. The lowest BCUT2D eigenvalue weighted by molar-refractivity contribution is -0.124. The number of carbonyl (C=O) groups is 1. The zero-order chi connectivity index (χ0) is 13.7. The van der Waals surface area contributed by atoms with Crippen molar-refractivity contribution in [2.24, 2.45) is 5.73 Å². The minimum Gasteiger partial charge on any atom is -0.483 e. The summed E-state index contributed by atoms with van der Waals surface area (Å²) in [5, 5.41) is 2.94. The van der Waals surface area contributed by atoms with Crippen LogP contribution in [0.3, 0.4) is 0 Å². The molecule has 5 heteroatoms. The normalized spacial score (nSPS) is 22.2. The number of amides is 1. The van der Waals surface area contributed by atoms with Gasteiger partial charge in [-0.15, -0.1) is 0 Å². The third-order valence-electron chi connectivity index (χ3n) is 3.21. The van der Waals surface area contributed by atoms with E-state index in [-0.39, 0.29) is 18.1 Å². The lowest BCUT2D eigenvalue weighted by Gasteiger charge is -2.23. The molecule has 1 aliphatic heterocycles. The third kappa shape index (κ3) is 3.68. The molecule has 0 aliphatic carbocycles. The summed E-state index contributed by atoms with van der Waals surface area (Å²) in [5.74, 6) is 0.521. The topological polar surface area (TPSA) is 73.6 Å². The van der Waals surface area contributed by atoms with Crippen LogP contribution in [0, 0.1) is 0 Å². The maximum Gasteiger partial charge on any atom is 0.258 e. The molecule has 1 unspecified atom stereocenters. The van der Waals surface area contributed by atoms with Crippen LogP contribution in [0.4, 0.5) is 0 Å². The first-order valence-electron chi connectivity index (χ1n) is 6.42. The van der Waals surface area contributed by atoms with E-state index in [9.17, 15) is 4.79 Å². The van der Waals surface area contributed by atoms with E-state index in [4.69, 9.17) is 15.2 Å². The van der Waals surface area contributed by atoms with Crippen molar-refractivity contribution in [3.8, 4) is 5.75 Å². The van der Waals surface area contributed by atoms with Gasteiger partial charge < -0.3 is 20.5 Å². The van der Waals surface area contributed by atoms with Crippen molar-refractivity contribution in [3.63, 3.8) is 0 Å². The van der Waals surface area contributed by atoms with Crippen LogP contribution in [-0.2, 0) is 16.1 Å². The fraction of sp³-hybridized carbons (Fsp3) is 0.500. The van der Waals surface area contributed by atoms with E-state index < -0.39 is 0 Å². The number of benzene rings is 1. The second-order valence-corrected chi connectivity index (χ2v) is 5.01. The van der Waals surface area contributed by atoms with Gasteiger partial charge in [0.1, 0.15) is 5.75 Å². The molecule has 2 rings (SSSR count). The molecule has 1 aromatic carbocycles. The highest BCUT2D eigenvalue weighted by molar-refractivity contribution is 5.78. The summed E-state index contributed by atoms with van der Waals surface area (Å²) in [7, 11) is 0. The fourth-order valence-electron chi connectivity index (χ4n) is 2.09. The molecular formula is C14H20N2O3. The molecule has 0 spiro atoms. The van der Waals surface area contributed by atoms with Gasteiger partial charge in [-0.2, -0.15) is 0 Å². The van der Waals surface area contributed by atoms with Crippen molar-refractivity contribution in [1.29, 1.82) is 0 Å². The Balaban J connectivity index is 1.86. The Bertz CT molecular complexity index is 442. The Morgan fingerprint density at radius 2 is 2.32 bits per heavy atom. The van der Waals surface area contributed by atoms with Crippen molar-refractivity contribution < 1.29 is 14.3 Å². The van der Waals surface area contributed by atoms with Gasteiger partial charge in [0, 0.05) is 18.7 Å². The molecule has 1 atom stereocenters. The van der Waals surface area contributed by atoms with E-state index >= 15 is 0 Å². The van der Waals surface area contributed by atoms with Gasteiger partial charge in [0.15, 0.2) is 6.61 Å². The van der Waals surface area contributed by atoms with Gasteiger partial charge in [0.05, 0.1) is 12.1 Å². The van der Waals surface area contributed by atoms with Gasteiger partial charge in [-0.1, -0.05) is 18.2 Å². The highest BCUT2D eigenvalue weighted by Gasteiger charge is 2.31. The SMILES string of the molecule is CC1(NC(=O)COc2ccccc2CN)CCOC1. The summed E-state index contributed by atoms with van der Waals surface area (Å²) < 4.78 is 10.8. The van der Waals surface area contributed by atoms with Crippen molar-refractivity contribution in [1.82, 2.24) is 5.32 Å². The molecule has 1 aliphatic rings. The van der Waals surface area contributed by atoms with Gasteiger partial charge in [-0.05, 0) is 19.4 Å². The highest BCUT2D eigenvalue weighted by Crippen LogP contribution is 2.18. The summed E-state index contributed by atoms with van der Waals surface area (Å²) in [6.45, 7) is 3.60. The number of para-hydroxylation sites is 1. The summed E-state index contributed by atoms with van der Waals surface area (Å²) in [6, 6.07) is 7.46. The molecule has 1 heterocycles. The minimum atomic E-state index is -0.270.